The first-order valence-corrected chi connectivity index (χ1v) is 8.96. The molecule has 0 aromatic rings. The number of hydrogen-bond donors (Lipinski definition) is 1. The average molecular weight is 404 g/mol. The van der Waals surface area contributed by atoms with E-state index >= 15 is 0 Å². The number of fused-ring (bicyclic) bond motifs is 1. The summed E-state index contributed by atoms with van der Waals surface area (Å²) in [5.41, 5.74) is 0. The summed E-state index contributed by atoms with van der Waals surface area (Å²) < 4.78 is 38.2. The molecule has 0 spiro atoms. The lowest BCUT2D eigenvalue weighted by Crippen LogP contribution is -2.59. The van der Waals surface area contributed by atoms with Gasteiger partial charge in [-0.1, -0.05) is 0 Å². The molecule has 1 N–H and O–H groups in total. The van der Waals surface area contributed by atoms with Crippen LogP contribution >= 0.6 is 0 Å². The van der Waals surface area contributed by atoms with E-state index in [9.17, 15) is 19.5 Å². The van der Waals surface area contributed by atoms with E-state index in [1.54, 1.807) is 0 Å². The Labute approximate surface area is 161 Å². The minimum atomic E-state index is -1.18. The molecule has 0 saturated carbocycles. The first-order valence-electron chi connectivity index (χ1n) is 8.96. The van der Waals surface area contributed by atoms with Crippen molar-refractivity contribution in [3.8, 4) is 0 Å². The predicted molar refractivity (Wildman–Crippen MR) is 86.8 cm³/mol. The van der Waals surface area contributed by atoms with E-state index in [1.165, 1.54) is 20.8 Å². The summed E-state index contributed by atoms with van der Waals surface area (Å²) >= 11 is 0. The lowest BCUT2D eigenvalue weighted by molar-refractivity contribution is -0.295. The van der Waals surface area contributed by atoms with Gasteiger partial charge in [0.2, 0.25) is 0 Å². The van der Waals surface area contributed by atoms with E-state index < -0.39 is 66.9 Å². The molecule has 0 aromatic heterocycles. The smallest absolute Gasteiger partial charge is 0.303 e. The molecule has 3 heterocycles. The van der Waals surface area contributed by atoms with Crippen molar-refractivity contribution >= 4 is 17.9 Å². The Morgan fingerprint density at radius 2 is 1.32 bits per heavy atom. The summed E-state index contributed by atoms with van der Waals surface area (Å²) in [6, 6.07) is 0. The zero-order valence-electron chi connectivity index (χ0n) is 15.8. The summed E-state index contributed by atoms with van der Waals surface area (Å²) in [5.74, 6) is -1.91. The molecule has 11 heteroatoms. The van der Waals surface area contributed by atoms with Gasteiger partial charge in [0.1, 0.15) is 24.4 Å². The lowest BCUT2D eigenvalue weighted by atomic mass is 10.0. The SMILES string of the molecule is CC(=O)O[C@@H]1[C@@H](OC(C)=O)[C@H](O[C@H]2CO[C@H]3[C@@H]2OC[C@H]3O)OC[C@H]1OC(C)=O. The maximum atomic E-state index is 11.6. The average Bonchev–Trinajstić information content (AvgIpc) is 3.15. The quantitative estimate of drug-likeness (QED) is 0.432. The van der Waals surface area contributed by atoms with Crippen molar-refractivity contribution in [3.63, 3.8) is 0 Å². The molecule has 3 rings (SSSR count). The van der Waals surface area contributed by atoms with Gasteiger partial charge in [-0.25, -0.2) is 0 Å². The first kappa shape index (κ1) is 20.9. The highest BCUT2D eigenvalue weighted by molar-refractivity contribution is 5.68. The maximum absolute atomic E-state index is 11.6. The van der Waals surface area contributed by atoms with E-state index in [0.717, 1.165) is 0 Å². The van der Waals surface area contributed by atoms with E-state index in [-0.39, 0.29) is 19.8 Å². The molecule has 0 bridgehead atoms. The Kier molecular flexibility index (Phi) is 6.50. The van der Waals surface area contributed by atoms with Crippen molar-refractivity contribution in [1.29, 1.82) is 0 Å². The number of carbonyl (C=O) groups excluding carboxylic acids is 3. The van der Waals surface area contributed by atoms with Crippen molar-refractivity contribution in [1.82, 2.24) is 0 Å². The van der Waals surface area contributed by atoms with Crippen LogP contribution in [-0.4, -0.2) is 91.9 Å². The molecule has 8 atom stereocenters. The number of aliphatic hydroxyl groups is 1. The van der Waals surface area contributed by atoms with Crippen LogP contribution in [-0.2, 0) is 47.5 Å². The Morgan fingerprint density at radius 1 is 0.750 bits per heavy atom. The van der Waals surface area contributed by atoms with Crippen molar-refractivity contribution in [2.75, 3.05) is 19.8 Å². The number of hydrogen-bond acceptors (Lipinski definition) is 11. The number of ether oxygens (including phenoxy) is 7. The zero-order valence-corrected chi connectivity index (χ0v) is 15.8. The van der Waals surface area contributed by atoms with E-state index in [0.29, 0.717) is 0 Å². The Morgan fingerprint density at radius 3 is 1.96 bits per heavy atom. The van der Waals surface area contributed by atoms with E-state index in [2.05, 4.69) is 0 Å². The molecule has 3 aliphatic rings. The van der Waals surface area contributed by atoms with Gasteiger partial charge in [0.05, 0.1) is 19.8 Å². The molecule has 0 radical (unpaired) electrons. The molecule has 0 amide bonds. The van der Waals surface area contributed by atoms with Gasteiger partial charge < -0.3 is 38.3 Å². The number of rotatable bonds is 5. The molecule has 3 aliphatic heterocycles. The molecular formula is C17H24O11. The minimum absolute atomic E-state index is 0.124. The predicted octanol–water partition coefficient (Wildman–Crippen LogP) is -1.32. The fraction of sp³-hybridized carbons (Fsp3) is 0.824. The second kappa shape index (κ2) is 8.70. The van der Waals surface area contributed by atoms with Crippen molar-refractivity contribution in [2.45, 2.75) is 69.8 Å². The summed E-state index contributed by atoms with van der Waals surface area (Å²) in [6.45, 7) is 3.70. The van der Waals surface area contributed by atoms with Crippen molar-refractivity contribution < 1.29 is 52.6 Å². The van der Waals surface area contributed by atoms with Crippen LogP contribution in [0.5, 0.6) is 0 Å². The van der Waals surface area contributed by atoms with Gasteiger partial charge in [-0.15, -0.1) is 0 Å². The Hall–Kier alpha value is -1.79. The van der Waals surface area contributed by atoms with Crippen LogP contribution in [0.3, 0.4) is 0 Å². The molecule has 0 unspecified atom stereocenters. The fourth-order valence-corrected chi connectivity index (χ4v) is 3.56. The fourth-order valence-electron chi connectivity index (χ4n) is 3.56. The highest BCUT2D eigenvalue weighted by Gasteiger charge is 2.52. The van der Waals surface area contributed by atoms with E-state index in [1.807, 2.05) is 0 Å². The summed E-state index contributed by atoms with van der Waals surface area (Å²) in [6.07, 6.45) is -6.74. The highest BCUT2D eigenvalue weighted by Crippen LogP contribution is 2.32. The Balaban J connectivity index is 1.76. The van der Waals surface area contributed by atoms with Crippen molar-refractivity contribution in [3.05, 3.63) is 0 Å². The number of aliphatic hydroxyl groups excluding tert-OH is 1. The van der Waals surface area contributed by atoms with Gasteiger partial charge in [0.25, 0.3) is 0 Å². The van der Waals surface area contributed by atoms with Gasteiger partial charge >= 0.3 is 17.9 Å². The zero-order chi connectivity index (χ0) is 20.4. The molecule has 0 aliphatic carbocycles. The topological polar surface area (TPSA) is 136 Å². The van der Waals surface area contributed by atoms with Crippen LogP contribution in [0.1, 0.15) is 20.8 Å². The lowest BCUT2D eigenvalue weighted by Gasteiger charge is -2.41. The third-order valence-electron chi connectivity index (χ3n) is 4.60. The molecule has 3 saturated heterocycles. The molecular weight excluding hydrogens is 380 g/mol. The van der Waals surface area contributed by atoms with Crippen molar-refractivity contribution in [2.24, 2.45) is 0 Å². The van der Waals surface area contributed by atoms with Crippen LogP contribution in [0, 0.1) is 0 Å². The number of esters is 3. The van der Waals surface area contributed by atoms with Gasteiger partial charge in [-0.05, 0) is 0 Å². The summed E-state index contributed by atoms with van der Waals surface area (Å²) in [5, 5.41) is 9.84. The number of carbonyl (C=O) groups is 3. The van der Waals surface area contributed by atoms with Gasteiger partial charge in [0.15, 0.2) is 24.6 Å². The molecule has 3 fully saturated rings. The second-order valence-electron chi connectivity index (χ2n) is 6.84. The van der Waals surface area contributed by atoms with Gasteiger partial charge in [-0.3, -0.25) is 14.4 Å². The molecule has 158 valence electrons. The van der Waals surface area contributed by atoms with Crippen LogP contribution in [0.25, 0.3) is 0 Å². The first-order chi connectivity index (χ1) is 13.3. The third-order valence-corrected chi connectivity index (χ3v) is 4.60. The monoisotopic (exact) mass is 404 g/mol. The summed E-state index contributed by atoms with van der Waals surface area (Å²) in [4.78, 5) is 34.5. The van der Waals surface area contributed by atoms with Gasteiger partial charge in [-0.2, -0.15) is 0 Å². The summed E-state index contributed by atoms with van der Waals surface area (Å²) in [7, 11) is 0. The second-order valence-corrected chi connectivity index (χ2v) is 6.84. The van der Waals surface area contributed by atoms with Crippen LogP contribution in [0.4, 0.5) is 0 Å². The molecule has 11 nitrogen and oxygen atoms in total. The Bertz CT molecular complexity index is 608. The van der Waals surface area contributed by atoms with Gasteiger partial charge in [0, 0.05) is 20.8 Å². The molecule has 28 heavy (non-hydrogen) atoms. The van der Waals surface area contributed by atoms with Crippen LogP contribution in [0.15, 0.2) is 0 Å². The molecule has 0 aromatic carbocycles. The highest BCUT2D eigenvalue weighted by atomic mass is 16.7. The maximum Gasteiger partial charge on any atom is 0.303 e. The standard InChI is InChI=1S/C17H24O11/c1-7(18)25-12-6-24-17(16(27-9(3)20)15(12)26-8(2)19)28-11-5-23-13-10(21)4-22-14(11)13/h10-17,21H,4-6H2,1-3H3/t10-,11+,12-,13-,14-,15+,16-,17+/m1/s1. The van der Waals surface area contributed by atoms with Crippen LogP contribution in [0.2, 0.25) is 0 Å². The largest absolute Gasteiger partial charge is 0.456 e. The normalized spacial score (nSPS) is 39.9. The van der Waals surface area contributed by atoms with Crippen LogP contribution < -0.4 is 0 Å². The minimum Gasteiger partial charge on any atom is -0.456 e. The third kappa shape index (κ3) is 4.61. The van der Waals surface area contributed by atoms with E-state index in [4.69, 9.17) is 33.2 Å².